The second kappa shape index (κ2) is 7.27. The van der Waals surface area contributed by atoms with E-state index in [2.05, 4.69) is 19.4 Å². The summed E-state index contributed by atoms with van der Waals surface area (Å²) in [5.41, 5.74) is 0.614. The number of esters is 2. The SMILES string of the molecule is COC(=O)CN(CC(=O)OC)c1ncnc(OC)c1C. The highest BCUT2D eigenvalue weighted by atomic mass is 16.5. The van der Waals surface area contributed by atoms with Gasteiger partial charge in [0.05, 0.1) is 26.9 Å². The highest BCUT2D eigenvalue weighted by Crippen LogP contribution is 2.23. The van der Waals surface area contributed by atoms with Crippen LogP contribution in [-0.4, -0.2) is 56.3 Å². The van der Waals surface area contributed by atoms with E-state index >= 15 is 0 Å². The van der Waals surface area contributed by atoms with E-state index in [-0.39, 0.29) is 13.1 Å². The Morgan fingerprint density at radius 3 is 2.10 bits per heavy atom. The van der Waals surface area contributed by atoms with Crippen molar-refractivity contribution in [3.8, 4) is 5.88 Å². The lowest BCUT2D eigenvalue weighted by molar-refractivity contribution is -0.140. The number of methoxy groups -OCH3 is 3. The topological polar surface area (TPSA) is 90.9 Å². The molecule has 0 unspecified atom stereocenters. The van der Waals surface area contributed by atoms with Crippen LogP contribution in [0.15, 0.2) is 6.33 Å². The van der Waals surface area contributed by atoms with Crippen LogP contribution in [0.2, 0.25) is 0 Å². The lowest BCUT2D eigenvalue weighted by Crippen LogP contribution is -2.36. The Kier molecular flexibility index (Phi) is 5.70. The van der Waals surface area contributed by atoms with E-state index in [1.807, 2.05) is 0 Å². The van der Waals surface area contributed by atoms with Gasteiger partial charge in [0.1, 0.15) is 25.2 Å². The first-order chi connectivity index (χ1) is 9.53. The highest BCUT2D eigenvalue weighted by Gasteiger charge is 2.20. The Bertz CT molecular complexity index is 474. The molecule has 0 saturated carbocycles. The summed E-state index contributed by atoms with van der Waals surface area (Å²) in [5.74, 6) is -0.209. The lowest BCUT2D eigenvalue weighted by Gasteiger charge is -2.22. The van der Waals surface area contributed by atoms with Gasteiger partial charge in [-0.1, -0.05) is 0 Å². The molecule has 0 bridgehead atoms. The monoisotopic (exact) mass is 283 g/mol. The van der Waals surface area contributed by atoms with E-state index in [1.165, 1.54) is 32.6 Å². The molecule has 0 atom stereocenters. The maximum absolute atomic E-state index is 11.4. The first kappa shape index (κ1) is 15.7. The molecular weight excluding hydrogens is 266 g/mol. The van der Waals surface area contributed by atoms with Crippen LogP contribution in [0.4, 0.5) is 5.82 Å². The largest absolute Gasteiger partial charge is 0.481 e. The predicted molar refractivity (Wildman–Crippen MR) is 69.6 cm³/mol. The van der Waals surface area contributed by atoms with Crippen molar-refractivity contribution in [1.29, 1.82) is 0 Å². The van der Waals surface area contributed by atoms with Crippen LogP contribution in [0.25, 0.3) is 0 Å². The average molecular weight is 283 g/mol. The number of hydrogen-bond acceptors (Lipinski definition) is 8. The van der Waals surface area contributed by atoms with Crippen molar-refractivity contribution in [3.63, 3.8) is 0 Å². The molecule has 8 nitrogen and oxygen atoms in total. The molecule has 110 valence electrons. The zero-order valence-corrected chi connectivity index (χ0v) is 11.9. The minimum Gasteiger partial charge on any atom is -0.481 e. The van der Waals surface area contributed by atoms with Crippen molar-refractivity contribution >= 4 is 17.8 Å². The quantitative estimate of drug-likeness (QED) is 0.671. The number of hydrogen-bond donors (Lipinski definition) is 0. The first-order valence-electron chi connectivity index (χ1n) is 5.77. The van der Waals surface area contributed by atoms with Crippen LogP contribution >= 0.6 is 0 Å². The molecule has 20 heavy (non-hydrogen) atoms. The summed E-state index contributed by atoms with van der Waals surface area (Å²) in [6, 6.07) is 0. The van der Waals surface area contributed by atoms with Crippen LogP contribution in [0.3, 0.4) is 0 Å². The molecule has 0 aliphatic rings. The predicted octanol–water partition coefficient (Wildman–Crippen LogP) is -0.0540. The molecule has 1 aromatic rings. The Labute approximate surface area is 116 Å². The molecule has 0 saturated heterocycles. The fourth-order valence-corrected chi connectivity index (χ4v) is 1.60. The minimum absolute atomic E-state index is 0.132. The number of carbonyl (C=O) groups is 2. The fraction of sp³-hybridized carbons (Fsp3) is 0.500. The van der Waals surface area contributed by atoms with Crippen molar-refractivity contribution in [2.24, 2.45) is 0 Å². The Morgan fingerprint density at radius 1 is 1.10 bits per heavy atom. The minimum atomic E-state index is -0.495. The molecule has 8 heteroatoms. The van der Waals surface area contributed by atoms with Gasteiger partial charge < -0.3 is 19.1 Å². The van der Waals surface area contributed by atoms with E-state index in [4.69, 9.17) is 4.74 Å². The van der Waals surface area contributed by atoms with Crippen molar-refractivity contribution in [3.05, 3.63) is 11.9 Å². The Balaban J connectivity index is 3.08. The van der Waals surface area contributed by atoms with Gasteiger partial charge in [-0.15, -0.1) is 0 Å². The van der Waals surface area contributed by atoms with Crippen LogP contribution in [0, 0.1) is 6.92 Å². The highest BCUT2D eigenvalue weighted by molar-refractivity contribution is 5.81. The Hall–Kier alpha value is -2.38. The van der Waals surface area contributed by atoms with Gasteiger partial charge in [0.25, 0.3) is 0 Å². The number of nitrogens with zero attached hydrogens (tertiary/aromatic N) is 3. The van der Waals surface area contributed by atoms with Gasteiger partial charge in [-0.05, 0) is 6.92 Å². The third kappa shape index (κ3) is 3.81. The van der Waals surface area contributed by atoms with Gasteiger partial charge in [-0.2, -0.15) is 0 Å². The Morgan fingerprint density at radius 2 is 1.65 bits per heavy atom. The van der Waals surface area contributed by atoms with Crippen molar-refractivity contribution in [2.75, 3.05) is 39.3 Å². The molecule has 0 fully saturated rings. The molecule has 0 aliphatic heterocycles. The summed E-state index contributed by atoms with van der Waals surface area (Å²) in [6.45, 7) is 1.47. The van der Waals surface area contributed by atoms with Gasteiger partial charge in [0.15, 0.2) is 0 Å². The van der Waals surface area contributed by atoms with Crippen molar-refractivity contribution in [1.82, 2.24) is 9.97 Å². The number of ether oxygens (including phenoxy) is 3. The van der Waals surface area contributed by atoms with E-state index in [9.17, 15) is 9.59 Å². The molecule has 0 aliphatic carbocycles. The van der Waals surface area contributed by atoms with Crippen LogP contribution in [-0.2, 0) is 19.1 Å². The van der Waals surface area contributed by atoms with Gasteiger partial charge >= 0.3 is 11.9 Å². The lowest BCUT2D eigenvalue weighted by atomic mass is 10.3. The summed E-state index contributed by atoms with van der Waals surface area (Å²) >= 11 is 0. The average Bonchev–Trinajstić information content (AvgIpc) is 2.46. The van der Waals surface area contributed by atoms with Gasteiger partial charge in [0.2, 0.25) is 5.88 Å². The molecule has 0 amide bonds. The third-order valence-electron chi connectivity index (χ3n) is 2.60. The molecule has 1 heterocycles. The summed E-state index contributed by atoms with van der Waals surface area (Å²) < 4.78 is 14.3. The standard InChI is InChI=1S/C12H17N3O5/c1-8-11(13-7-14-12(8)20-4)15(5-9(16)18-2)6-10(17)19-3/h7H,5-6H2,1-4H3. The van der Waals surface area contributed by atoms with Crippen molar-refractivity contribution in [2.45, 2.75) is 6.92 Å². The molecule has 0 spiro atoms. The first-order valence-corrected chi connectivity index (χ1v) is 5.77. The summed E-state index contributed by atoms with van der Waals surface area (Å²) in [6.07, 6.45) is 1.29. The maximum Gasteiger partial charge on any atom is 0.325 e. The van der Waals surface area contributed by atoms with Crippen LogP contribution in [0.1, 0.15) is 5.56 Å². The number of anilines is 1. The number of aromatic nitrogens is 2. The van der Waals surface area contributed by atoms with E-state index < -0.39 is 11.9 Å². The molecule has 0 N–H and O–H groups in total. The zero-order valence-electron chi connectivity index (χ0n) is 11.9. The second-order valence-electron chi connectivity index (χ2n) is 3.84. The number of carbonyl (C=O) groups excluding carboxylic acids is 2. The smallest absolute Gasteiger partial charge is 0.325 e. The molecule has 0 aromatic carbocycles. The third-order valence-corrected chi connectivity index (χ3v) is 2.60. The summed E-state index contributed by atoms with van der Waals surface area (Å²) in [4.78, 5) is 32.3. The molecule has 1 aromatic heterocycles. The van der Waals surface area contributed by atoms with Gasteiger partial charge in [0, 0.05) is 0 Å². The molecule has 0 radical (unpaired) electrons. The van der Waals surface area contributed by atoms with E-state index in [1.54, 1.807) is 6.92 Å². The van der Waals surface area contributed by atoms with Crippen molar-refractivity contribution < 1.29 is 23.8 Å². The molecular formula is C12H17N3O5. The molecule has 1 rings (SSSR count). The normalized spacial score (nSPS) is 9.80. The van der Waals surface area contributed by atoms with Crippen LogP contribution in [0.5, 0.6) is 5.88 Å². The number of rotatable bonds is 6. The zero-order chi connectivity index (χ0) is 15.1. The maximum atomic E-state index is 11.4. The summed E-state index contributed by atoms with van der Waals surface area (Å²) in [7, 11) is 4.02. The van der Waals surface area contributed by atoms with E-state index in [0.29, 0.717) is 17.3 Å². The second-order valence-corrected chi connectivity index (χ2v) is 3.84. The van der Waals surface area contributed by atoms with E-state index in [0.717, 1.165) is 0 Å². The fourth-order valence-electron chi connectivity index (χ4n) is 1.60. The van der Waals surface area contributed by atoms with Crippen LogP contribution < -0.4 is 9.64 Å². The summed E-state index contributed by atoms with van der Waals surface area (Å²) in [5, 5.41) is 0. The van der Waals surface area contributed by atoms with Gasteiger partial charge in [-0.3, -0.25) is 9.59 Å². The van der Waals surface area contributed by atoms with Gasteiger partial charge in [-0.25, -0.2) is 9.97 Å².